The number of nitrogens with zero attached hydrogens (tertiary/aromatic N) is 2. The second-order valence-corrected chi connectivity index (χ2v) is 8.72. The van der Waals surface area contributed by atoms with E-state index in [1.54, 1.807) is 37.3 Å². The van der Waals surface area contributed by atoms with E-state index in [9.17, 15) is 24.3 Å². The monoisotopic (exact) mass is 488 g/mol. The summed E-state index contributed by atoms with van der Waals surface area (Å²) in [6, 6.07) is 4.91. The summed E-state index contributed by atoms with van der Waals surface area (Å²) >= 11 is 0. The smallest absolute Gasteiger partial charge is 0.305 e. The number of aliphatic hydroxyl groups is 2. The summed E-state index contributed by atoms with van der Waals surface area (Å²) < 4.78 is 9.85. The molecule has 2 heterocycles. The van der Waals surface area contributed by atoms with Gasteiger partial charge in [0.05, 0.1) is 19.2 Å². The molecule has 2 aliphatic heterocycles. The average molecular weight is 489 g/mol. The fraction of sp³-hybridized carbons (Fsp3) is 0.520. The van der Waals surface area contributed by atoms with Crippen molar-refractivity contribution in [1.82, 2.24) is 0 Å². The Labute approximate surface area is 204 Å². The Morgan fingerprint density at radius 3 is 2.66 bits per heavy atom. The normalized spacial score (nSPS) is 22.3. The van der Waals surface area contributed by atoms with E-state index in [-0.39, 0.29) is 37.9 Å². The third kappa shape index (κ3) is 5.23. The van der Waals surface area contributed by atoms with Crippen molar-refractivity contribution in [2.45, 2.75) is 57.8 Å². The van der Waals surface area contributed by atoms with E-state index in [2.05, 4.69) is 4.74 Å². The second-order valence-electron chi connectivity index (χ2n) is 8.72. The highest BCUT2D eigenvalue weighted by Crippen LogP contribution is 2.47. The van der Waals surface area contributed by atoms with Gasteiger partial charge < -0.3 is 24.6 Å². The van der Waals surface area contributed by atoms with Gasteiger partial charge in [-0.3, -0.25) is 24.1 Å². The van der Waals surface area contributed by atoms with Crippen LogP contribution in [0.15, 0.2) is 30.4 Å². The number of fused-ring (bicyclic) bond motifs is 1. The third-order valence-corrected chi connectivity index (χ3v) is 6.36. The summed E-state index contributed by atoms with van der Waals surface area (Å²) in [5.74, 6) is -2.22. The van der Waals surface area contributed by atoms with E-state index < -0.39 is 29.6 Å². The zero-order chi connectivity index (χ0) is 25.8. The molecule has 10 heteroatoms. The van der Waals surface area contributed by atoms with E-state index in [1.165, 1.54) is 23.8 Å². The Balaban J connectivity index is 1.94. The summed E-state index contributed by atoms with van der Waals surface area (Å²) in [6.07, 6.45) is 4.35. The average Bonchev–Trinajstić information content (AvgIpc) is 3.03. The SMILES string of the molecule is COC(=O)CCCCN1C(=O)[C@](O)([C@H](C)/C=C/CCO)c2cc(N3C(=O)CC3OC(C)=O)ccc21. The Morgan fingerprint density at radius 1 is 1.29 bits per heavy atom. The first kappa shape index (κ1) is 26.4. The molecule has 1 aromatic rings. The number of rotatable bonds is 11. The van der Waals surface area contributed by atoms with Crippen LogP contribution in [0.3, 0.4) is 0 Å². The van der Waals surface area contributed by atoms with E-state index in [0.717, 1.165) is 0 Å². The number of esters is 2. The second kappa shape index (κ2) is 11.0. The summed E-state index contributed by atoms with van der Waals surface area (Å²) in [5, 5.41) is 20.8. The Kier molecular flexibility index (Phi) is 8.29. The Morgan fingerprint density at radius 2 is 2.03 bits per heavy atom. The number of unbranched alkanes of at least 4 members (excludes halogenated alkanes) is 1. The van der Waals surface area contributed by atoms with Crippen LogP contribution in [0.4, 0.5) is 11.4 Å². The van der Waals surface area contributed by atoms with Crippen LogP contribution in [0.1, 0.15) is 51.5 Å². The van der Waals surface area contributed by atoms with Gasteiger partial charge in [-0.05, 0) is 37.5 Å². The van der Waals surface area contributed by atoms with Crippen LogP contribution < -0.4 is 9.80 Å². The van der Waals surface area contributed by atoms with Crippen molar-refractivity contribution in [2.24, 2.45) is 5.92 Å². The van der Waals surface area contributed by atoms with E-state index >= 15 is 0 Å². The van der Waals surface area contributed by atoms with Gasteiger partial charge in [-0.25, -0.2) is 0 Å². The molecule has 1 unspecified atom stereocenters. The van der Waals surface area contributed by atoms with Crippen LogP contribution >= 0.6 is 0 Å². The van der Waals surface area contributed by atoms with Crippen molar-refractivity contribution >= 4 is 35.1 Å². The molecule has 2 N–H and O–H groups in total. The molecule has 2 aliphatic rings. The number of hydrogen-bond acceptors (Lipinski definition) is 8. The fourth-order valence-corrected chi connectivity index (χ4v) is 4.45. The molecule has 3 rings (SSSR count). The van der Waals surface area contributed by atoms with Gasteiger partial charge in [-0.15, -0.1) is 0 Å². The molecule has 10 nitrogen and oxygen atoms in total. The predicted molar refractivity (Wildman–Crippen MR) is 126 cm³/mol. The van der Waals surface area contributed by atoms with Gasteiger partial charge in [-0.2, -0.15) is 0 Å². The number of amides is 2. The maximum absolute atomic E-state index is 13.5. The van der Waals surface area contributed by atoms with Crippen LogP contribution in [-0.2, 0) is 34.3 Å². The van der Waals surface area contributed by atoms with Gasteiger partial charge in [0.15, 0.2) is 11.8 Å². The molecule has 0 aliphatic carbocycles. The fourth-order valence-electron chi connectivity index (χ4n) is 4.45. The number of β-lactam (4-membered cyclic amide) rings is 1. The molecule has 35 heavy (non-hydrogen) atoms. The van der Waals surface area contributed by atoms with Crippen LogP contribution in [0.2, 0.25) is 0 Å². The topological polar surface area (TPSA) is 134 Å². The zero-order valence-electron chi connectivity index (χ0n) is 20.2. The largest absolute Gasteiger partial charge is 0.469 e. The van der Waals surface area contributed by atoms with Crippen molar-refractivity contribution in [3.8, 4) is 0 Å². The molecule has 1 saturated heterocycles. The van der Waals surface area contributed by atoms with Gasteiger partial charge in [0, 0.05) is 43.7 Å². The first-order chi connectivity index (χ1) is 16.6. The van der Waals surface area contributed by atoms with Gasteiger partial charge in [-0.1, -0.05) is 19.1 Å². The summed E-state index contributed by atoms with van der Waals surface area (Å²) in [4.78, 5) is 51.5. The van der Waals surface area contributed by atoms with Crippen LogP contribution in [-0.4, -0.2) is 60.5 Å². The molecule has 1 fully saturated rings. The number of ether oxygens (including phenoxy) is 2. The lowest BCUT2D eigenvalue weighted by Gasteiger charge is -2.39. The Bertz CT molecular complexity index is 1020. The van der Waals surface area contributed by atoms with E-state index in [4.69, 9.17) is 9.84 Å². The molecule has 1 aromatic carbocycles. The standard InChI is InChI=1S/C25H32N2O8/c1-16(8-5-7-13-28)25(33)19-14-18(27-21(30)15-22(27)35-17(2)29)10-11-20(19)26(24(25)32)12-6-4-9-23(31)34-3/h5,8,10-11,14,16,22,28,33H,4,6-7,9,12-13,15H2,1-3H3/b8-5+/t16-,22?,25+/m1/s1. The molecule has 0 aromatic heterocycles. The minimum Gasteiger partial charge on any atom is -0.469 e. The molecule has 190 valence electrons. The van der Waals surface area contributed by atoms with Crippen molar-refractivity contribution in [2.75, 3.05) is 30.1 Å². The number of aliphatic hydroxyl groups excluding tert-OH is 1. The lowest BCUT2D eigenvalue weighted by Crippen LogP contribution is -2.55. The zero-order valence-corrected chi connectivity index (χ0v) is 20.2. The molecular weight excluding hydrogens is 456 g/mol. The summed E-state index contributed by atoms with van der Waals surface area (Å²) in [7, 11) is 1.32. The first-order valence-electron chi connectivity index (χ1n) is 11.7. The number of anilines is 2. The van der Waals surface area contributed by atoms with Gasteiger partial charge in [0.2, 0.25) is 5.91 Å². The van der Waals surface area contributed by atoms with Crippen molar-refractivity contribution in [1.29, 1.82) is 0 Å². The van der Waals surface area contributed by atoms with Crippen molar-refractivity contribution in [3.63, 3.8) is 0 Å². The van der Waals surface area contributed by atoms with E-state index in [0.29, 0.717) is 36.2 Å². The molecular formula is C25H32N2O8. The maximum atomic E-state index is 13.5. The molecule has 0 radical (unpaired) electrons. The number of methoxy groups -OCH3 is 1. The van der Waals surface area contributed by atoms with Crippen molar-refractivity contribution in [3.05, 3.63) is 35.9 Å². The van der Waals surface area contributed by atoms with Gasteiger partial charge >= 0.3 is 11.9 Å². The maximum Gasteiger partial charge on any atom is 0.305 e. The minimum absolute atomic E-state index is 0.0583. The molecule has 0 saturated carbocycles. The van der Waals surface area contributed by atoms with Crippen LogP contribution in [0.5, 0.6) is 0 Å². The molecule has 0 spiro atoms. The van der Waals surface area contributed by atoms with Crippen LogP contribution in [0.25, 0.3) is 0 Å². The quantitative estimate of drug-likeness (QED) is 0.208. The molecule has 0 bridgehead atoms. The Hall–Kier alpha value is -3.24. The summed E-state index contributed by atoms with van der Waals surface area (Å²) in [5.41, 5.74) is -0.629. The highest BCUT2D eigenvalue weighted by molar-refractivity contribution is 6.08. The molecule has 3 atom stereocenters. The van der Waals surface area contributed by atoms with Crippen molar-refractivity contribution < 1.29 is 38.9 Å². The predicted octanol–water partition coefficient (Wildman–Crippen LogP) is 1.76. The van der Waals surface area contributed by atoms with Crippen LogP contribution in [0, 0.1) is 5.92 Å². The lowest BCUT2D eigenvalue weighted by atomic mass is 9.82. The number of carbonyl (C=O) groups is 4. The highest BCUT2D eigenvalue weighted by atomic mass is 16.6. The highest BCUT2D eigenvalue weighted by Gasteiger charge is 2.53. The lowest BCUT2D eigenvalue weighted by molar-refractivity contribution is -0.154. The van der Waals surface area contributed by atoms with E-state index in [1.807, 2.05) is 0 Å². The summed E-state index contributed by atoms with van der Waals surface area (Å²) in [6.45, 7) is 3.20. The number of carbonyl (C=O) groups excluding carboxylic acids is 4. The first-order valence-corrected chi connectivity index (χ1v) is 11.7. The minimum atomic E-state index is -1.90. The third-order valence-electron chi connectivity index (χ3n) is 6.36. The van der Waals surface area contributed by atoms with Gasteiger partial charge in [0.25, 0.3) is 5.91 Å². The number of hydrogen-bond donors (Lipinski definition) is 2. The molecule has 2 amide bonds. The number of benzene rings is 1. The van der Waals surface area contributed by atoms with Gasteiger partial charge in [0.1, 0.15) is 0 Å².